The Morgan fingerprint density at radius 3 is 1.51 bits per heavy atom. The third kappa shape index (κ3) is 6.94. The van der Waals surface area contributed by atoms with E-state index >= 15 is 0 Å². The fourth-order valence-electron chi connectivity index (χ4n) is 8.56. The first kappa shape index (κ1) is 36.2. The second kappa shape index (κ2) is 15.7. The van der Waals surface area contributed by atoms with Gasteiger partial charge in [-0.3, -0.25) is 0 Å². The van der Waals surface area contributed by atoms with Crippen LogP contribution in [0.3, 0.4) is 0 Å². The first-order valence-electron chi connectivity index (χ1n) is 20.8. The molecule has 1 aliphatic rings. The molecule has 2 heterocycles. The van der Waals surface area contributed by atoms with Crippen molar-refractivity contribution < 1.29 is 4.42 Å². The lowest BCUT2D eigenvalue weighted by molar-refractivity contribution is 0.670. The van der Waals surface area contributed by atoms with Gasteiger partial charge in [0.15, 0.2) is 17.5 Å². The van der Waals surface area contributed by atoms with Gasteiger partial charge in [-0.25, -0.2) is 15.0 Å². The van der Waals surface area contributed by atoms with E-state index in [1.54, 1.807) is 0 Å². The molecule has 0 amide bonds. The van der Waals surface area contributed by atoms with Crippen LogP contribution in [0.15, 0.2) is 217 Å². The number of hydrogen-bond donors (Lipinski definition) is 0. The minimum atomic E-state index is 0.606. The molecule has 8 aromatic carbocycles. The number of rotatable bonds is 8. The maximum atomic E-state index is 6.75. The minimum absolute atomic E-state index is 0.606. The molecule has 0 N–H and O–H groups in total. The summed E-state index contributed by atoms with van der Waals surface area (Å²) in [7, 11) is 0. The maximum Gasteiger partial charge on any atom is 0.164 e. The highest BCUT2D eigenvalue weighted by Crippen LogP contribution is 2.43. The van der Waals surface area contributed by atoms with Crippen LogP contribution in [-0.2, 0) is 0 Å². The summed E-state index contributed by atoms with van der Waals surface area (Å²) in [5.74, 6) is 1.84. The molecule has 0 unspecified atom stereocenters. The largest absolute Gasteiger partial charge is 0.455 e. The van der Waals surface area contributed by atoms with Gasteiger partial charge in [-0.1, -0.05) is 206 Å². The van der Waals surface area contributed by atoms with E-state index in [4.69, 9.17) is 19.4 Å². The predicted octanol–water partition coefficient (Wildman–Crippen LogP) is 15.2. The van der Waals surface area contributed by atoms with Gasteiger partial charge in [-0.05, 0) is 69.0 Å². The highest BCUT2D eigenvalue weighted by molar-refractivity contribution is 6.16. The molecule has 0 saturated carbocycles. The summed E-state index contributed by atoms with van der Waals surface area (Å²) < 4.78 is 6.75. The van der Waals surface area contributed by atoms with Gasteiger partial charge < -0.3 is 4.42 Å². The monoisotopic (exact) mass is 781 g/mol. The van der Waals surface area contributed by atoms with Gasteiger partial charge in [0.05, 0.1) is 0 Å². The van der Waals surface area contributed by atoms with Crippen LogP contribution in [0.5, 0.6) is 0 Å². The first-order chi connectivity index (χ1) is 30.2. The van der Waals surface area contributed by atoms with Gasteiger partial charge >= 0.3 is 0 Å². The second-order valence-electron chi connectivity index (χ2n) is 15.4. The Bertz CT molecular complexity index is 3250. The highest BCUT2D eigenvalue weighted by atomic mass is 16.3. The number of benzene rings is 8. The summed E-state index contributed by atoms with van der Waals surface area (Å²) in [6.07, 6.45) is 8.76. The van der Waals surface area contributed by atoms with Crippen molar-refractivity contribution in [2.45, 2.75) is 12.8 Å². The van der Waals surface area contributed by atoms with Crippen molar-refractivity contribution in [3.8, 4) is 78.7 Å². The Labute approximate surface area is 354 Å². The summed E-state index contributed by atoms with van der Waals surface area (Å²) in [6.45, 7) is 0. The average Bonchev–Trinajstić information content (AvgIpc) is 3.74. The Morgan fingerprint density at radius 1 is 0.361 bits per heavy atom. The summed E-state index contributed by atoms with van der Waals surface area (Å²) in [5.41, 5.74) is 16.1. The van der Waals surface area contributed by atoms with Crippen molar-refractivity contribution in [1.29, 1.82) is 0 Å². The van der Waals surface area contributed by atoms with Crippen LogP contribution in [0.25, 0.3) is 106 Å². The van der Waals surface area contributed by atoms with Crippen molar-refractivity contribution in [2.75, 3.05) is 0 Å². The SMILES string of the molecule is C1=CCCC(c2ccc(-c3cccc4c3oc3cccc(-c5ccccc5-c5nc(-c6ccccc6)nc(-c6ccc(-c7ccc(-c8ccccc8)cc7)cc6)n5)c34)cc2)=C1. The van der Waals surface area contributed by atoms with E-state index in [9.17, 15) is 0 Å². The van der Waals surface area contributed by atoms with Crippen molar-refractivity contribution in [3.05, 3.63) is 218 Å². The van der Waals surface area contributed by atoms with Crippen molar-refractivity contribution in [2.24, 2.45) is 0 Å². The molecule has 0 saturated heterocycles. The molecule has 4 nitrogen and oxygen atoms in total. The Kier molecular flexibility index (Phi) is 9.29. The van der Waals surface area contributed by atoms with E-state index in [1.165, 1.54) is 22.3 Å². The number of nitrogens with zero attached hydrogens (tertiary/aromatic N) is 3. The quantitative estimate of drug-likeness (QED) is 0.154. The minimum Gasteiger partial charge on any atom is -0.455 e. The van der Waals surface area contributed by atoms with Gasteiger partial charge in [0, 0.05) is 33.0 Å². The summed E-state index contributed by atoms with van der Waals surface area (Å²) >= 11 is 0. The van der Waals surface area contributed by atoms with Crippen molar-refractivity contribution >= 4 is 27.5 Å². The molecule has 10 aromatic rings. The van der Waals surface area contributed by atoms with Crippen molar-refractivity contribution in [3.63, 3.8) is 0 Å². The Hall–Kier alpha value is -7.95. The predicted molar refractivity (Wildman–Crippen MR) is 252 cm³/mol. The smallest absolute Gasteiger partial charge is 0.164 e. The Balaban J connectivity index is 0.990. The molecular formula is C57H39N3O. The van der Waals surface area contributed by atoms with Crippen LogP contribution in [0.4, 0.5) is 0 Å². The zero-order valence-corrected chi connectivity index (χ0v) is 33.4. The number of allylic oxidation sites excluding steroid dienone is 4. The van der Waals surface area contributed by atoms with E-state index in [1.807, 2.05) is 36.4 Å². The van der Waals surface area contributed by atoms with E-state index < -0.39 is 0 Å². The topological polar surface area (TPSA) is 51.8 Å². The lowest BCUT2D eigenvalue weighted by atomic mass is 9.93. The number of fused-ring (bicyclic) bond motifs is 3. The zero-order valence-electron chi connectivity index (χ0n) is 33.4. The zero-order chi connectivity index (χ0) is 40.5. The lowest BCUT2D eigenvalue weighted by Gasteiger charge is -2.13. The normalized spacial score (nSPS) is 12.5. The molecule has 2 aromatic heterocycles. The van der Waals surface area contributed by atoms with E-state index in [0.717, 1.165) is 84.9 Å². The average molecular weight is 782 g/mol. The van der Waals surface area contributed by atoms with E-state index in [2.05, 4.69) is 176 Å². The molecule has 0 fully saturated rings. The molecule has 4 heteroatoms. The first-order valence-corrected chi connectivity index (χ1v) is 20.8. The Morgan fingerprint density at radius 2 is 0.852 bits per heavy atom. The third-order valence-corrected chi connectivity index (χ3v) is 11.7. The molecule has 0 spiro atoms. The molecule has 0 atom stereocenters. The van der Waals surface area contributed by atoms with Gasteiger partial charge in [0.1, 0.15) is 11.2 Å². The van der Waals surface area contributed by atoms with Crippen molar-refractivity contribution in [1.82, 2.24) is 15.0 Å². The number of furan rings is 1. The maximum absolute atomic E-state index is 6.75. The van der Waals surface area contributed by atoms with Crippen LogP contribution >= 0.6 is 0 Å². The fraction of sp³-hybridized carbons (Fsp3) is 0.0351. The fourth-order valence-corrected chi connectivity index (χ4v) is 8.56. The van der Waals surface area contributed by atoms with E-state index in [0.29, 0.717) is 17.5 Å². The molecule has 11 rings (SSSR count). The summed E-state index contributed by atoms with van der Waals surface area (Å²) in [5, 5.41) is 2.13. The van der Waals surface area contributed by atoms with Gasteiger partial charge in [-0.2, -0.15) is 0 Å². The van der Waals surface area contributed by atoms with Crippen LogP contribution in [0.2, 0.25) is 0 Å². The summed E-state index contributed by atoms with van der Waals surface area (Å²) in [4.78, 5) is 15.4. The lowest BCUT2D eigenvalue weighted by Crippen LogP contribution is -2.01. The molecule has 288 valence electrons. The molecular weight excluding hydrogens is 743 g/mol. The standard InChI is InChI=1S/C57H39N3O/c1-4-14-38(15-5-1)40-26-28-42(29-27-40)43-32-36-46(37-33-43)56-58-55(45-18-8-3-9-19-45)59-57(60-56)50-21-11-10-20-48(50)49-23-13-25-52-53(49)51-24-12-22-47(54(51)61-52)44-34-30-41(31-35-44)39-16-6-2-7-17-39/h1-6,8-16,18-37H,7,17H2. The molecule has 0 aliphatic heterocycles. The van der Waals surface area contributed by atoms with Gasteiger partial charge in [0.25, 0.3) is 0 Å². The summed E-state index contributed by atoms with van der Waals surface area (Å²) in [6, 6.07) is 67.9. The number of para-hydroxylation sites is 1. The number of hydrogen-bond acceptors (Lipinski definition) is 4. The second-order valence-corrected chi connectivity index (χ2v) is 15.4. The van der Waals surface area contributed by atoms with E-state index in [-0.39, 0.29) is 0 Å². The van der Waals surface area contributed by atoms with Gasteiger partial charge in [-0.15, -0.1) is 0 Å². The van der Waals surface area contributed by atoms with Crippen LogP contribution < -0.4 is 0 Å². The molecule has 0 radical (unpaired) electrons. The van der Waals surface area contributed by atoms with Gasteiger partial charge in [0.2, 0.25) is 0 Å². The highest BCUT2D eigenvalue weighted by Gasteiger charge is 2.20. The third-order valence-electron chi connectivity index (χ3n) is 11.7. The molecule has 1 aliphatic carbocycles. The van der Waals surface area contributed by atoms with Crippen LogP contribution in [-0.4, -0.2) is 15.0 Å². The number of aromatic nitrogens is 3. The molecule has 0 bridgehead atoms. The molecule has 61 heavy (non-hydrogen) atoms. The van der Waals surface area contributed by atoms with Crippen LogP contribution in [0, 0.1) is 0 Å². The van der Waals surface area contributed by atoms with Crippen LogP contribution in [0.1, 0.15) is 18.4 Å².